The van der Waals surface area contributed by atoms with Crippen molar-refractivity contribution in [2.45, 2.75) is 39.2 Å². The summed E-state index contributed by atoms with van der Waals surface area (Å²) in [5.74, 6) is 0.507. The number of unbranched alkanes of at least 4 members (excludes halogenated alkanes) is 1. The van der Waals surface area contributed by atoms with Crippen molar-refractivity contribution in [1.82, 2.24) is 0 Å². The average molecular weight is 280 g/mol. The van der Waals surface area contributed by atoms with Crippen LogP contribution in [0.15, 0.2) is 24.3 Å². The summed E-state index contributed by atoms with van der Waals surface area (Å²) in [5, 5.41) is 0. The molecular formula is C16H24O4. The molecule has 0 amide bonds. The number of esters is 1. The van der Waals surface area contributed by atoms with Gasteiger partial charge < -0.3 is 14.2 Å². The van der Waals surface area contributed by atoms with Gasteiger partial charge in [-0.05, 0) is 31.0 Å². The third-order valence-electron chi connectivity index (χ3n) is 2.95. The van der Waals surface area contributed by atoms with Crippen LogP contribution in [0.4, 0.5) is 0 Å². The number of carbonyl (C=O) groups is 1. The Morgan fingerprint density at radius 2 is 1.90 bits per heavy atom. The molecule has 0 radical (unpaired) electrons. The van der Waals surface area contributed by atoms with E-state index in [9.17, 15) is 4.79 Å². The van der Waals surface area contributed by atoms with Gasteiger partial charge in [0.15, 0.2) is 6.10 Å². The van der Waals surface area contributed by atoms with Gasteiger partial charge in [-0.1, -0.05) is 25.5 Å². The molecule has 1 unspecified atom stereocenters. The van der Waals surface area contributed by atoms with Gasteiger partial charge in [-0.25, -0.2) is 4.79 Å². The highest BCUT2D eigenvalue weighted by atomic mass is 16.6. The van der Waals surface area contributed by atoms with Gasteiger partial charge >= 0.3 is 5.97 Å². The zero-order valence-electron chi connectivity index (χ0n) is 12.6. The predicted molar refractivity (Wildman–Crippen MR) is 78.0 cm³/mol. The zero-order valence-corrected chi connectivity index (χ0v) is 12.6. The summed E-state index contributed by atoms with van der Waals surface area (Å²) in [5.41, 5.74) is 1.03. The molecule has 0 heterocycles. The quantitative estimate of drug-likeness (QED) is 0.515. The largest absolute Gasteiger partial charge is 0.497 e. The molecule has 0 aliphatic heterocycles. The van der Waals surface area contributed by atoms with E-state index in [2.05, 4.69) is 6.92 Å². The molecule has 1 rings (SSSR count). The Bertz CT molecular complexity index is 386. The fourth-order valence-electron chi connectivity index (χ4n) is 1.79. The SMILES string of the molecule is CCCCOC(Cc1ccc(OC)cc1)C(=O)OCC. The maximum atomic E-state index is 11.9. The molecule has 0 saturated carbocycles. The number of benzene rings is 1. The molecule has 0 aromatic heterocycles. The van der Waals surface area contributed by atoms with Gasteiger partial charge in [0.2, 0.25) is 0 Å². The fraction of sp³-hybridized carbons (Fsp3) is 0.562. The van der Waals surface area contributed by atoms with Gasteiger partial charge in [-0.2, -0.15) is 0 Å². The summed E-state index contributed by atoms with van der Waals surface area (Å²) in [6.07, 6.45) is 1.97. The van der Waals surface area contributed by atoms with Crippen molar-refractivity contribution >= 4 is 5.97 Å². The molecule has 4 nitrogen and oxygen atoms in total. The van der Waals surface area contributed by atoms with E-state index in [-0.39, 0.29) is 5.97 Å². The van der Waals surface area contributed by atoms with Crippen molar-refractivity contribution in [2.75, 3.05) is 20.3 Å². The Balaban J connectivity index is 2.63. The highest BCUT2D eigenvalue weighted by molar-refractivity contribution is 5.75. The van der Waals surface area contributed by atoms with Crippen LogP contribution in [0.1, 0.15) is 32.3 Å². The van der Waals surface area contributed by atoms with Crippen molar-refractivity contribution in [3.63, 3.8) is 0 Å². The van der Waals surface area contributed by atoms with Gasteiger partial charge in [0.05, 0.1) is 13.7 Å². The molecule has 1 atom stereocenters. The van der Waals surface area contributed by atoms with Gasteiger partial charge in [0, 0.05) is 13.0 Å². The van der Waals surface area contributed by atoms with Crippen molar-refractivity contribution in [3.8, 4) is 5.75 Å². The van der Waals surface area contributed by atoms with Gasteiger partial charge in [0.25, 0.3) is 0 Å². The molecule has 4 heteroatoms. The van der Waals surface area contributed by atoms with Crippen LogP contribution in [0.25, 0.3) is 0 Å². The van der Waals surface area contributed by atoms with E-state index in [1.807, 2.05) is 24.3 Å². The summed E-state index contributed by atoms with van der Waals surface area (Å²) in [6, 6.07) is 7.63. The predicted octanol–water partition coefficient (Wildman–Crippen LogP) is 2.99. The Kier molecular flexibility index (Phi) is 7.73. The van der Waals surface area contributed by atoms with Crippen molar-refractivity contribution in [3.05, 3.63) is 29.8 Å². The highest BCUT2D eigenvalue weighted by Gasteiger charge is 2.20. The first kappa shape index (κ1) is 16.5. The van der Waals surface area contributed by atoms with Crippen LogP contribution in [-0.4, -0.2) is 32.4 Å². The summed E-state index contributed by atoms with van der Waals surface area (Å²) in [6.45, 7) is 4.84. The summed E-state index contributed by atoms with van der Waals surface area (Å²) >= 11 is 0. The van der Waals surface area contributed by atoms with E-state index in [4.69, 9.17) is 14.2 Å². The molecule has 0 aliphatic rings. The Morgan fingerprint density at radius 1 is 1.20 bits per heavy atom. The van der Waals surface area contributed by atoms with Crippen LogP contribution in [0.5, 0.6) is 5.75 Å². The number of methoxy groups -OCH3 is 1. The topological polar surface area (TPSA) is 44.8 Å². The van der Waals surface area contributed by atoms with E-state index in [1.54, 1.807) is 14.0 Å². The number of ether oxygens (including phenoxy) is 3. The summed E-state index contributed by atoms with van der Waals surface area (Å²) in [4.78, 5) is 11.9. The lowest BCUT2D eigenvalue weighted by Gasteiger charge is -2.16. The molecule has 112 valence electrons. The Labute approximate surface area is 121 Å². The van der Waals surface area contributed by atoms with Gasteiger partial charge in [-0.3, -0.25) is 0 Å². The Morgan fingerprint density at radius 3 is 2.45 bits per heavy atom. The minimum Gasteiger partial charge on any atom is -0.497 e. The maximum Gasteiger partial charge on any atom is 0.335 e. The monoisotopic (exact) mass is 280 g/mol. The van der Waals surface area contributed by atoms with Crippen LogP contribution >= 0.6 is 0 Å². The molecule has 0 spiro atoms. The molecule has 0 bridgehead atoms. The third-order valence-corrected chi connectivity index (χ3v) is 2.95. The summed E-state index contributed by atoms with van der Waals surface area (Å²) < 4.78 is 15.8. The third kappa shape index (κ3) is 5.61. The second-order valence-electron chi connectivity index (χ2n) is 4.52. The second kappa shape index (κ2) is 9.37. The molecular weight excluding hydrogens is 256 g/mol. The van der Waals surface area contributed by atoms with Gasteiger partial charge in [0.1, 0.15) is 5.75 Å². The second-order valence-corrected chi connectivity index (χ2v) is 4.52. The lowest BCUT2D eigenvalue weighted by Crippen LogP contribution is -2.29. The normalized spacial score (nSPS) is 11.9. The van der Waals surface area contributed by atoms with Crippen LogP contribution < -0.4 is 4.74 Å². The minimum atomic E-state index is -0.533. The van der Waals surface area contributed by atoms with E-state index in [0.29, 0.717) is 19.6 Å². The number of carbonyl (C=O) groups excluding carboxylic acids is 1. The van der Waals surface area contributed by atoms with E-state index >= 15 is 0 Å². The number of hydrogen-bond donors (Lipinski definition) is 0. The van der Waals surface area contributed by atoms with Crippen LogP contribution in [0.2, 0.25) is 0 Å². The molecule has 1 aromatic rings. The Hall–Kier alpha value is -1.55. The molecule has 0 N–H and O–H groups in total. The molecule has 20 heavy (non-hydrogen) atoms. The smallest absolute Gasteiger partial charge is 0.335 e. The van der Waals surface area contributed by atoms with Crippen molar-refractivity contribution in [1.29, 1.82) is 0 Å². The van der Waals surface area contributed by atoms with E-state index in [1.165, 1.54) is 0 Å². The fourth-order valence-corrected chi connectivity index (χ4v) is 1.79. The first-order valence-corrected chi connectivity index (χ1v) is 7.12. The lowest BCUT2D eigenvalue weighted by atomic mass is 10.1. The standard InChI is InChI=1S/C16H24O4/c1-4-6-11-20-15(16(17)19-5-2)12-13-7-9-14(18-3)10-8-13/h7-10,15H,4-6,11-12H2,1-3H3. The van der Waals surface area contributed by atoms with Gasteiger partial charge in [-0.15, -0.1) is 0 Å². The maximum absolute atomic E-state index is 11.9. The number of hydrogen-bond acceptors (Lipinski definition) is 4. The molecule has 0 fully saturated rings. The van der Waals surface area contributed by atoms with Crippen LogP contribution in [0, 0.1) is 0 Å². The average Bonchev–Trinajstić information content (AvgIpc) is 2.47. The zero-order chi connectivity index (χ0) is 14.8. The summed E-state index contributed by atoms with van der Waals surface area (Å²) in [7, 11) is 1.63. The minimum absolute atomic E-state index is 0.292. The first-order chi connectivity index (χ1) is 9.71. The van der Waals surface area contributed by atoms with Crippen molar-refractivity contribution in [2.24, 2.45) is 0 Å². The highest BCUT2D eigenvalue weighted by Crippen LogP contribution is 2.14. The molecule has 1 aromatic carbocycles. The van der Waals surface area contributed by atoms with E-state index < -0.39 is 6.10 Å². The van der Waals surface area contributed by atoms with Crippen LogP contribution in [0.3, 0.4) is 0 Å². The number of rotatable bonds is 9. The lowest BCUT2D eigenvalue weighted by molar-refractivity contribution is -0.156. The van der Waals surface area contributed by atoms with Crippen LogP contribution in [-0.2, 0) is 20.7 Å². The first-order valence-electron chi connectivity index (χ1n) is 7.12. The molecule has 0 aliphatic carbocycles. The van der Waals surface area contributed by atoms with Crippen molar-refractivity contribution < 1.29 is 19.0 Å². The molecule has 0 saturated heterocycles. The van der Waals surface area contributed by atoms with E-state index in [0.717, 1.165) is 24.2 Å².